The Labute approximate surface area is 104 Å². The molecule has 90 valence electrons. The molecule has 0 atom stereocenters. The van der Waals surface area contributed by atoms with Crippen LogP contribution >= 0.6 is 11.3 Å². The number of benzene rings is 1. The van der Waals surface area contributed by atoms with E-state index in [-0.39, 0.29) is 11.5 Å². The van der Waals surface area contributed by atoms with Gasteiger partial charge in [0.25, 0.3) is 0 Å². The van der Waals surface area contributed by atoms with E-state index in [0.29, 0.717) is 6.54 Å². The number of rotatable bonds is 4. The summed E-state index contributed by atoms with van der Waals surface area (Å²) in [5.41, 5.74) is 7.87. The largest absolute Gasteiger partial charge is 0.396 e. The summed E-state index contributed by atoms with van der Waals surface area (Å²) in [4.78, 5) is 2.15. The molecule has 0 spiro atoms. The Morgan fingerprint density at radius 2 is 2.00 bits per heavy atom. The molecule has 0 aliphatic carbocycles. The number of nitrogens with zero attached hydrogens (tertiary/aromatic N) is 1. The minimum absolute atomic E-state index is 0.203. The van der Waals surface area contributed by atoms with E-state index in [0.717, 1.165) is 12.1 Å². The topological polar surface area (TPSA) is 29.3 Å². The first-order valence-corrected chi connectivity index (χ1v) is 6.33. The zero-order chi connectivity index (χ0) is 12.3. The summed E-state index contributed by atoms with van der Waals surface area (Å²) in [6.45, 7) is 1.59. The third-order valence-corrected chi connectivity index (χ3v) is 3.28. The Balaban J connectivity index is 1.98. The van der Waals surface area contributed by atoms with E-state index in [1.165, 1.54) is 11.6 Å². The molecule has 0 saturated heterocycles. The summed E-state index contributed by atoms with van der Waals surface area (Å²) in [6, 6.07) is 7.08. The fraction of sp³-hybridized carbons (Fsp3) is 0.231. The van der Waals surface area contributed by atoms with Gasteiger partial charge in [-0.05, 0) is 47.1 Å². The summed E-state index contributed by atoms with van der Waals surface area (Å²) in [6.07, 6.45) is 0. The first-order valence-electron chi connectivity index (χ1n) is 5.38. The molecule has 17 heavy (non-hydrogen) atoms. The van der Waals surface area contributed by atoms with Crippen LogP contribution in [0.25, 0.3) is 0 Å². The lowest BCUT2D eigenvalue weighted by Crippen LogP contribution is -2.17. The van der Waals surface area contributed by atoms with Gasteiger partial charge in [-0.3, -0.25) is 4.90 Å². The van der Waals surface area contributed by atoms with Gasteiger partial charge in [-0.2, -0.15) is 11.3 Å². The number of nitrogens with two attached hydrogens (primary N) is 1. The predicted octanol–water partition coefficient (Wildman–Crippen LogP) is 3.10. The van der Waals surface area contributed by atoms with E-state index in [4.69, 9.17) is 5.73 Å². The summed E-state index contributed by atoms with van der Waals surface area (Å²) >= 11 is 1.69. The van der Waals surface area contributed by atoms with Crippen LogP contribution in [0.2, 0.25) is 0 Å². The number of thiophene rings is 1. The van der Waals surface area contributed by atoms with Crippen LogP contribution in [-0.2, 0) is 13.1 Å². The third kappa shape index (κ3) is 3.28. The minimum Gasteiger partial charge on any atom is -0.396 e. The van der Waals surface area contributed by atoms with Crippen molar-refractivity contribution in [1.82, 2.24) is 4.90 Å². The van der Waals surface area contributed by atoms with Crippen LogP contribution in [0.5, 0.6) is 0 Å². The van der Waals surface area contributed by atoms with Gasteiger partial charge >= 0.3 is 0 Å². The maximum atomic E-state index is 13.3. The molecule has 0 unspecified atom stereocenters. The van der Waals surface area contributed by atoms with Crippen LogP contribution in [-0.4, -0.2) is 11.9 Å². The van der Waals surface area contributed by atoms with Crippen molar-refractivity contribution >= 4 is 17.0 Å². The molecule has 1 aromatic carbocycles. The second-order valence-corrected chi connectivity index (χ2v) is 4.94. The summed E-state index contributed by atoms with van der Waals surface area (Å²) in [5, 5.41) is 4.19. The van der Waals surface area contributed by atoms with Gasteiger partial charge < -0.3 is 5.73 Å². The first kappa shape index (κ1) is 12.1. The van der Waals surface area contributed by atoms with Gasteiger partial charge in [0, 0.05) is 13.1 Å². The van der Waals surface area contributed by atoms with Crippen molar-refractivity contribution in [2.75, 3.05) is 12.8 Å². The van der Waals surface area contributed by atoms with Crippen molar-refractivity contribution in [3.63, 3.8) is 0 Å². The third-order valence-electron chi connectivity index (χ3n) is 2.55. The molecule has 2 N–H and O–H groups in total. The van der Waals surface area contributed by atoms with E-state index < -0.39 is 0 Å². The highest BCUT2D eigenvalue weighted by atomic mass is 32.1. The second kappa shape index (κ2) is 5.29. The number of hydrogen-bond acceptors (Lipinski definition) is 3. The molecular formula is C13H15FN2S. The summed E-state index contributed by atoms with van der Waals surface area (Å²) in [5.74, 6) is -0.341. The summed E-state index contributed by atoms with van der Waals surface area (Å²) in [7, 11) is 2.02. The zero-order valence-electron chi connectivity index (χ0n) is 9.69. The normalized spacial score (nSPS) is 11.0. The minimum atomic E-state index is -0.341. The predicted molar refractivity (Wildman–Crippen MR) is 70.3 cm³/mol. The first-order chi connectivity index (χ1) is 8.15. The average Bonchev–Trinajstić information content (AvgIpc) is 2.76. The van der Waals surface area contributed by atoms with Crippen molar-refractivity contribution in [3.05, 3.63) is 52.0 Å². The molecule has 0 fully saturated rings. The van der Waals surface area contributed by atoms with E-state index in [9.17, 15) is 4.39 Å². The molecule has 0 aliphatic heterocycles. The maximum absolute atomic E-state index is 13.3. The van der Waals surface area contributed by atoms with Crippen molar-refractivity contribution in [1.29, 1.82) is 0 Å². The lowest BCUT2D eigenvalue weighted by molar-refractivity contribution is 0.319. The average molecular weight is 250 g/mol. The highest BCUT2D eigenvalue weighted by Gasteiger charge is 2.04. The Morgan fingerprint density at radius 1 is 1.24 bits per heavy atom. The Kier molecular flexibility index (Phi) is 3.76. The van der Waals surface area contributed by atoms with Crippen LogP contribution < -0.4 is 5.73 Å². The quantitative estimate of drug-likeness (QED) is 0.845. The molecule has 0 radical (unpaired) electrons. The Morgan fingerprint density at radius 3 is 2.65 bits per heavy atom. The monoisotopic (exact) mass is 250 g/mol. The van der Waals surface area contributed by atoms with Gasteiger partial charge in [0.2, 0.25) is 0 Å². The number of anilines is 1. The molecule has 0 amide bonds. The zero-order valence-corrected chi connectivity index (χ0v) is 10.5. The molecule has 4 heteroatoms. The lowest BCUT2D eigenvalue weighted by Gasteiger charge is -2.16. The SMILES string of the molecule is CN(Cc1ccsc1)Cc1ccc(N)c(F)c1. The standard InChI is InChI=1S/C13H15FN2S/c1-16(8-11-4-5-17-9-11)7-10-2-3-13(15)12(14)6-10/h2-6,9H,7-8,15H2,1H3. The molecular weight excluding hydrogens is 235 g/mol. The van der Waals surface area contributed by atoms with Crippen molar-refractivity contribution < 1.29 is 4.39 Å². The molecule has 0 saturated carbocycles. The number of nitrogen functional groups attached to an aromatic ring is 1. The van der Waals surface area contributed by atoms with Gasteiger partial charge in [0.15, 0.2) is 0 Å². The fourth-order valence-corrected chi connectivity index (χ4v) is 2.39. The van der Waals surface area contributed by atoms with Gasteiger partial charge in [-0.25, -0.2) is 4.39 Å². The Hall–Kier alpha value is -1.39. The maximum Gasteiger partial charge on any atom is 0.146 e. The van der Waals surface area contributed by atoms with Crippen molar-refractivity contribution in [2.45, 2.75) is 13.1 Å². The Bertz CT molecular complexity index is 482. The highest BCUT2D eigenvalue weighted by Crippen LogP contribution is 2.15. The molecule has 2 aromatic rings. The second-order valence-electron chi connectivity index (χ2n) is 4.16. The lowest BCUT2D eigenvalue weighted by atomic mass is 10.2. The number of halogens is 1. The van der Waals surface area contributed by atoms with E-state index in [1.807, 2.05) is 13.1 Å². The molecule has 1 aromatic heterocycles. The molecule has 0 aliphatic rings. The smallest absolute Gasteiger partial charge is 0.146 e. The van der Waals surface area contributed by atoms with Crippen molar-refractivity contribution in [2.24, 2.45) is 0 Å². The van der Waals surface area contributed by atoms with Crippen LogP contribution in [0.15, 0.2) is 35.0 Å². The molecule has 2 nitrogen and oxygen atoms in total. The van der Waals surface area contributed by atoms with E-state index >= 15 is 0 Å². The van der Waals surface area contributed by atoms with Gasteiger partial charge in [0.05, 0.1) is 5.69 Å². The van der Waals surface area contributed by atoms with Gasteiger partial charge in [0.1, 0.15) is 5.82 Å². The van der Waals surface area contributed by atoms with Gasteiger partial charge in [-0.1, -0.05) is 6.07 Å². The van der Waals surface area contributed by atoms with E-state index in [1.54, 1.807) is 17.4 Å². The fourth-order valence-electron chi connectivity index (χ4n) is 1.73. The van der Waals surface area contributed by atoms with Crippen LogP contribution in [0, 0.1) is 5.82 Å². The van der Waals surface area contributed by atoms with Crippen LogP contribution in [0.1, 0.15) is 11.1 Å². The van der Waals surface area contributed by atoms with E-state index in [2.05, 4.69) is 21.7 Å². The van der Waals surface area contributed by atoms with Crippen LogP contribution in [0.4, 0.5) is 10.1 Å². The van der Waals surface area contributed by atoms with Crippen LogP contribution in [0.3, 0.4) is 0 Å². The number of hydrogen-bond donors (Lipinski definition) is 1. The summed E-state index contributed by atoms with van der Waals surface area (Å²) < 4.78 is 13.3. The molecule has 2 rings (SSSR count). The molecule has 0 bridgehead atoms. The van der Waals surface area contributed by atoms with Crippen molar-refractivity contribution in [3.8, 4) is 0 Å². The highest BCUT2D eigenvalue weighted by molar-refractivity contribution is 7.07. The van der Waals surface area contributed by atoms with Gasteiger partial charge in [-0.15, -0.1) is 0 Å². The molecule has 1 heterocycles.